The first-order valence-corrected chi connectivity index (χ1v) is 3.94. The van der Waals surface area contributed by atoms with Gasteiger partial charge in [-0.1, -0.05) is 0 Å². The van der Waals surface area contributed by atoms with E-state index in [9.17, 15) is 0 Å². The quantitative estimate of drug-likeness (QED) is 0.570. The summed E-state index contributed by atoms with van der Waals surface area (Å²) in [6.07, 6.45) is 3.39. The van der Waals surface area contributed by atoms with Crippen molar-refractivity contribution in [1.82, 2.24) is 14.9 Å². The maximum Gasteiger partial charge on any atom is 0.112 e. The largest absolute Gasteiger partial charge is 0.301 e. The van der Waals surface area contributed by atoms with Gasteiger partial charge in [-0.3, -0.25) is 5.01 Å². The molecule has 0 saturated heterocycles. The zero-order valence-corrected chi connectivity index (χ0v) is 7.63. The van der Waals surface area contributed by atoms with Crippen molar-refractivity contribution in [2.45, 2.75) is 6.92 Å². The van der Waals surface area contributed by atoms with E-state index in [0.717, 1.165) is 17.1 Å². The summed E-state index contributed by atoms with van der Waals surface area (Å²) < 4.78 is 1.41. The zero-order valence-electron chi connectivity index (χ0n) is 6.87. The van der Waals surface area contributed by atoms with Crippen molar-refractivity contribution in [3.05, 3.63) is 23.3 Å². The van der Waals surface area contributed by atoms with Crippen molar-refractivity contribution in [3.63, 3.8) is 0 Å². The minimum atomic E-state index is 0.953. The second-order valence-electron chi connectivity index (χ2n) is 2.75. The third-order valence-electron chi connectivity index (χ3n) is 1.84. The van der Waals surface area contributed by atoms with Gasteiger partial charge in [-0.05, 0) is 6.92 Å². The number of nitrogens with zero attached hydrogens (tertiary/aromatic N) is 3. The molecule has 0 radical (unpaired) electrons. The molecule has 64 valence electrons. The molecule has 0 atom stereocenters. The van der Waals surface area contributed by atoms with E-state index in [1.165, 1.54) is 4.42 Å². The van der Waals surface area contributed by atoms with E-state index in [4.69, 9.17) is 11.8 Å². The molecule has 0 aromatic rings. The van der Waals surface area contributed by atoms with Crippen LogP contribution in [0.15, 0.2) is 28.3 Å². The molecule has 0 aliphatic carbocycles. The maximum absolute atomic E-state index is 5.73. The SMILES string of the molecule is CC1=C2N=CN(Cl)C=C2N(C)N1. The van der Waals surface area contributed by atoms with Crippen LogP contribution in [0.4, 0.5) is 0 Å². The van der Waals surface area contributed by atoms with Crippen LogP contribution in [0.1, 0.15) is 6.92 Å². The Kier molecular flexibility index (Phi) is 1.51. The molecule has 1 N–H and O–H groups in total. The minimum Gasteiger partial charge on any atom is -0.301 e. The predicted octanol–water partition coefficient (Wildman–Crippen LogP) is 1.01. The highest BCUT2D eigenvalue weighted by atomic mass is 35.5. The summed E-state index contributed by atoms with van der Waals surface area (Å²) in [6.45, 7) is 1.98. The fraction of sp³-hybridized carbons (Fsp3) is 0.286. The van der Waals surface area contributed by atoms with Gasteiger partial charge in [-0.25, -0.2) is 9.41 Å². The van der Waals surface area contributed by atoms with Crippen molar-refractivity contribution in [2.75, 3.05) is 7.05 Å². The molecule has 0 bridgehead atoms. The summed E-state index contributed by atoms with van der Waals surface area (Å²) >= 11 is 5.73. The lowest BCUT2D eigenvalue weighted by atomic mass is 10.3. The van der Waals surface area contributed by atoms with E-state index in [2.05, 4.69) is 10.4 Å². The van der Waals surface area contributed by atoms with Crippen LogP contribution in [0, 0.1) is 0 Å². The number of hydrazine groups is 1. The number of fused-ring (bicyclic) bond motifs is 1. The van der Waals surface area contributed by atoms with E-state index in [1.54, 1.807) is 6.34 Å². The van der Waals surface area contributed by atoms with Crippen LogP contribution >= 0.6 is 11.8 Å². The van der Waals surface area contributed by atoms with Crippen molar-refractivity contribution < 1.29 is 0 Å². The van der Waals surface area contributed by atoms with Crippen LogP contribution in [-0.4, -0.2) is 22.8 Å². The molecule has 2 aliphatic rings. The van der Waals surface area contributed by atoms with Gasteiger partial charge in [0.2, 0.25) is 0 Å². The summed E-state index contributed by atoms with van der Waals surface area (Å²) in [5, 5.41) is 1.89. The summed E-state index contributed by atoms with van der Waals surface area (Å²) in [5.74, 6) is 0. The topological polar surface area (TPSA) is 30.9 Å². The van der Waals surface area contributed by atoms with E-state index >= 15 is 0 Å². The monoisotopic (exact) mass is 184 g/mol. The number of likely N-dealkylation sites (N-methyl/N-ethyl adjacent to an activating group) is 1. The first kappa shape index (κ1) is 7.49. The highest BCUT2D eigenvalue weighted by Crippen LogP contribution is 2.26. The molecule has 0 aromatic heterocycles. The van der Waals surface area contributed by atoms with Crippen molar-refractivity contribution in [3.8, 4) is 0 Å². The van der Waals surface area contributed by atoms with Crippen molar-refractivity contribution in [1.29, 1.82) is 0 Å². The number of nitrogens with one attached hydrogen (secondary N) is 1. The second kappa shape index (κ2) is 2.42. The summed E-state index contributed by atoms with van der Waals surface area (Å²) in [5.41, 5.74) is 6.11. The number of halogens is 1. The molecular weight excluding hydrogens is 176 g/mol. The lowest BCUT2D eigenvalue weighted by Crippen LogP contribution is -2.26. The van der Waals surface area contributed by atoms with Crippen LogP contribution in [0.2, 0.25) is 0 Å². The molecule has 12 heavy (non-hydrogen) atoms. The Morgan fingerprint density at radius 2 is 2.33 bits per heavy atom. The molecule has 0 aromatic carbocycles. The van der Waals surface area contributed by atoms with Gasteiger partial charge in [-0.15, -0.1) is 0 Å². The van der Waals surface area contributed by atoms with Gasteiger partial charge >= 0.3 is 0 Å². The average molecular weight is 185 g/mol. The van der Waals surface area contributed by atoms with Crippen LogP contribution in [-0.2, 0) is 0 Å². The lowest BCUT2D eigenvalue weighted by Gasteiger charge is -2.18. The molecule has 2 heterocycles. The average Bonchev–Trinajstić information content (AvgIpc) is 2.28. The van der Waals surface area contributed by atoms with Crippen LogP contribution < -0.4 is 5.43 Å². The molecule has 2 rings (SSSR count). The van der Waals surface area contributed by atoms with Crippen molar-refractivity contribution in [2.24, 2.45) is 4.99 Å². The number of hydrogen-bond donors (Lipinski definition) is 1. The molecule has 5 heteroatoms. The van der Waals surface area contributed by atoms with Gasteiger partial charge in [-0.2, -0.15) is 0 Å². The summed E-state index contributed by atoms with van der Waals surface area (Å²) in [4.78, 5) is 4.18. The molecule has 0 fully saturated rings. The molecule has 4 nitrogen and oxygen atoms in total. The van der Waals surface area contributed by atoms with Crippen molar-refractivity contribution >= 4 is 18.1 Å². The van der Waals surface area contributed by atoms with E-state index in [1.807, 2.05) is 25.2 Å². The van der Waals surface area contributed by atoms with E-state index in [0.29, 0.717) is 0 Å². The Morgan fingerprint density at radius 1 is 1.58 bits per heavy atom. The fourth-order valence-corrected chi connectivity index (χ4v) is 1.43. The van der Waals surface area contributed by atoms with Gasteiger partial charge in [0.25, 0.3) is 0 Å². The third kappa shape index (κ3) is 0.956. The second-order valence-corrected chi connectivity index (χ2v) is 3.14. The molecule has 0 amide bonds. The van der Waals surface area contributed by atoms with Crippen LogP contribution in [0.5, 0.6) is 0 Å². The van der Waals surface area contributed by atoms with E-state index < -0.39 is 0 Å². The molecule has 0 spiro atoms. The van der Waals surface area contributed by atoms with Gasteiger partial charge in [0.1, 0.15) is 17.7 Å². The van der Waals surface area contributed by atoms with E-state index in [-0.39, 0.29) is 0 Å². The number of aliphatic imine (C=N–C) groups is 1. The molecule has 2 aliphatic heterocycles. The Labute approximate surface area is 75.9 Å². The Balaban J connectivity index is 2.42. The lowest BCUT2D eigenvalue weighted by molar-refractivity contribution is 0.367. The van der Waals surface area contributed by atoms with Gasteiger partial charge in [0, 0.05) is 18.8 Å². The smallest absolute Gasteiger partial charge is 0.112 e. The van der Waals surface area contributed by atoms with Gasteiger partial charge in [0.15, 0.2) is 0 Å². The van der Waals surface area contributed by atoms with Gasteiger partial charge < -0.3 is 5.43 Å². The summed E-state index contributed by atoms with van der Waals surface area (Å²) in [7, 11) is 1.92. The Morgan fingerprint density at radius 3 is 3.08 bits per heavy atom. The fourth-order valence-electron chi connectivity index (χ4n) is 1.29. The first-order chi connectivity index (χ1) is 5.68. The molecular formula is C7H9ClN4. The summed E-state index contributed by atoms with van der Waals surface area (Å²) in [6, 6.07) is 0. The zero-order chi connectivity index (χ0) is 8.72. The number of rotatable bonds is 0. The molecule has 0 unspecified atom stereocenters. The van der Waals surface area contributed by atoms with Gasteiger partial charge in [0.05, 0.1) is 11.9 Å². The highest BCUT2D eigenvalue weighted by Gasteiger charge is 2.23. The minimum absolute atomic E-state index is 0.953. The van der Waals surface area contributed by atoms with Crippen LogP contribution in [0.25, 0.3) is 0 Å². The van der Waals surface area contributed by atoms with Crippen LogP contribution in [0.3, 0.4) is 0 Å². The standard InChI is InChI=1S/C7H9ClN4/c1-5-7-6(11(2)10-5)3-12(8)4-9-7/h3-4,10H,1-2H3. The molecule has 0 saturated carbocycles. The first-order valence-electron chi connectivity index (χ1n) is 3.60. The Hall–Kier alpha value is -1.16. The predicted molar refractivity (Wildman–Crippen MR) is 47.9 cm³/mol. The Bertz CT molecular complexity index is 305. The normalized spacial score (nSPS) is 21.1. The maximum atomic E-state index is 5.73. The number of allylic oxidation sites excluding steroid dienone is 1. The number of hydrogen-bond acceptors (Lipinski definition) is 4. The highest BCUT2D eigenvalue weighted by molar-refractivity contribution is 6.19. The third-order valence-corrected chi connectivity index (χ3v) is 2.02.